The highest BCUT2D eigenvalue weighted by Crippen LogP contribution is 2.38. The molecule has 1 saturated heterocycles. The summed E-state index contributed by atoms with van der Waals surface area (Å²) in [6.07, 6.45) is -2.61. The lowest BCUT2D eigenvalue weighted by Crippen LogP contribution is -2.35. The van der Waals surface area contributed by atoms with Crippen molar-refractivity contribution in [1.82, 2.24) is 15.5 Å². The molecule has 25 heavy (non-hydrogen) atoms. The lowest BCUT2D eigenvalue weighted by molar-refractivity contribution is -0.137. The molecule has 2 aromatic rings. The van der Waals surface area contributed by atoms with Gasteiger partial charge in [-0.1, -0.05) is 0 Å². The van der Waals surface area contributed by atoms with Crippen LogP contribution in [0.15, 0.2) is 27.4 Å². The molecule has 2 heterocycles. The Morgan fingerprint density at radius 3 is 2.64 bits per heavy atom. The van der Waals surface area contributed by atoms with Gasteiger partial charge in [-0.3, -0.25) is 0 Å². The van der Waals surface area contributed by atoms with Crippen molar-refractivity contribution in [1.29, 1.82) is 0 Å². The average Bonchev–Trinajstić information content (AvgIpc) is 3.01. The van der Waals surface area contributed by atoms with E-state index in [4.69, 9.17) is 4.42 Å². The summed E-state index contributed by atoms with van der Waals surface area (Å²) in [4.78, 5) is 12.7. The molecule has 0 atom stereocenters. The Morgan fingerprint density at radius 1 is 1.32 bits per heavy atom. The highest BCUT2D eigenvalue weighted by atomic mass is 19.4. The second kappa shape index (κ2) is 6.91. The molecule has 0 radical (unpaired) electrons. The van der Waals surface area contributed by atoms with Gasteiger partial charge in [-0.2, -0.15) is 13.2 Å². The molecule has 3 rings (SSSR count). The van der Waals surface area contributed by atoms with Crippen molar-refractivity contribution in [3.63, 3.8) is 0 Å². The zero-order chi connectivity index (χ0) is 18.0. The van der Waals surface area contributed by atoms with Gasteiger partial charge in [-0.05, 0) is 50.0 Å². The van der Waals surface area contributed by atoms with E-state index in [-0.39, 0.29) is 11.6 Å². The van der Waals surface area contributed by atoms with Crippen LogP contribution >= 0.6 is 0 Å². The first-order chi connectivity index (χ1) is 11.8. The van der Waals surface area contributed by atoms with Gasteiger partial charge in [0, 0.05) is 24.8 Å². The summed E-state index contributed by atoms with van der Waals surface area (Å²) in [6, 6.07) is 3.62. The van der Waals surface area contributed by atoms with Crippen LogP contribution in [-0.4, -0.2) is 36.9 Å². The summed E-state index contributed by atoms with van der Waals surface area (Å²) in [7, 11) is 1.65. The van der Waals surface area contributed by atoms with Crippen molar-refractivity contribution in [3.05, 3.63) is 34.3 Å². The lowest BCUT2D eigenvalue weighted by Gasteiger charge is -2.30. The number of anilines is 1. The molecule has 1 aliphatic heterocycles. The molecular weight excluding hydrogens is 337 g/mol. The third kappa shape index (κ3) is 4.04. The fourth-order valence-electron chi connectivity index (χ4n) is 3.12. The van der Waals surface area contributed by atoms with Crippen LogP contribution in [0, 0.1) is 5.92 Å². The number of H-pyrrole nitrogens is 1. The van der Waals surface area contributed by atoms with Crippen molar-refractivity contribution in [2.24, 2.45) is 5.92 Å². The predicted molar refractivity (Wildman–Crippen MR) is 86.4 cm³/mol. The van der Waals surface area contributed by atoms with E-state index < -0.39 is 17.5 Å². The van der Waals surface area contributed by atoms with E-state index in [1.54, 1.807) is 11.9 Å². The molecule has 0 spiro atoms. The Morgan fingerprint density at radius 2 is 2.04 bits per heavy atom. The van der Waals surface area contributed by atoms with Crippen LogP contribution in [0.25, 0.3) is 11.5 Å². The van der Waals surface area contributed by atoms with Gasteiger partial charge >= 0.3 is 11.9 Å². The van der Waals surface area contributed by atoms with E-state index in [0.29, 0.717) is 18.0 Å². The monoisotopic (exact) mass is 356 g/mol. The van der Waals surface area contributed by atoms with Gasteiger partial charge in [-0.25, -0.2) is 9.89 Å². The number of aromatic amines is 1. The Kier molecular flexibility index (Phi) is 4.85. The maximum Gasteiger partial charge on any atom is 0.434 e. The molecule has 1 aromatic heterocycles. The Hall–Kier alpha value is -2.29. The van der Waals surface area contributed by atoms with E-state index in [9.17, 15) is 18.0 Å². The number of alkyl halides is 3. The number of hydrogen-bond acceptors (Lipinski definition) is 5. The van der Waals surface area contributed by atoms with Crippen LogP contribution in [0.4, 0.5) is 18.9 Å². The van der Waals surface area contributed by atoms with E-state index >= 15 is 0 Å². The van der Waals surface area contributed by atoms with Crippen LogP contribution in [0.2, 0.25) is 0 Å². The van der Waals surface area contributed by atoms with Crippen molar-refractivity contribution >= 4 is 5.69 Å². The van der Waals surface area contributed by atoms with Gasteiger partial charge in [0.05, 0.1) is 5.56 Å². The van der Waals surface area contributed by atoms with Gasteiger partial charge in [0.25, 0.3) is 0 Å². The van der Waals surface area contributed by atoms with Crippen molar-refractivity contribution in [2.45, 2.75) is 19.0 Å². The molecule has 0 aliphatic carbocycles. The summed E-state index contributed by atoms with van der Waals surface area (Å²) in [5.74, 6) is -0.450. The smallest absolute Gasteiger partial charge is 0.388 e. The molecule has 0 amide bonds. The number of nitrogens with one attached hydrogen (secondary N) is 2. The molecule has 2 N–H and O–H groups in total. The zero-order valence-corrected chi connectivity index (χ0v) is 13.7. The minimum atomic E-state index is -4.47. The normalized spacial score (nSPS) is 16.2. The molecule has 0 unspecified atom stereocenters. The number of hydrogen-bond donors (Lipinski definition) is 2. The van der Waals surface area contributed by atoms with Gasteiger partial charge < -0.3 is 14.6 Å². The minimum absolute atomic E-state index is 0.0322. The number of halogens is 3. The highest BCUT2D eigenvalue weighted by Gasteiger charge is 2.35. The average molecular weight is 356 g/mol. The number of piperidine rings is 1. The number of rotatable bonds is 4. The Labute approximate surface area is 142 Å². The largest absolute Gasteiger partial charge is 0.434 e. The Balaban J connectivity index is 1.93. The molecule has 0 saturated carbocycles. The summed E-state index contributed by atoms with van der Waals surface area (Å²) >= 11 is 0. The third-order valence-electron chi connectivity index (χ3n) is 4.39. The predicted octanol–water partition coefficient (Wildman–Crippen LogP) is 2.48. The zero-order valence-electron chi connectivity index (χ0n) is 13.7. The van der Waals surface area contributed by atoms with Crippen molar-refractivity contribution in [2.75, 3.05) is 31.6 Å². The SMILES string of the molecule is CN(CC1CCNCC1)c1cc(-c2n[nH]c(=O)o2)ccc1C(F)(F)F. The Bertz CT molecular complexity index is 778. The van der Waals surface area contributed by atoms with Crippen LogP contribution in [0.1, 0.15) is 18.4 Å². The van der Waals surface area contributed by atoms with Crippen LogP contribution in [0.5, 0.6) is 0 Å². The number of benzene rings is 1. The molecule has 1 aliphatic rings. The van der Waals surface area contributed by atoms with Crippen molar-refractivity contribution in [3.8, 4) is 11.5 Å². The summed E-state index contributed by atoms with van der Waals surface area (Å²) in [5, 5.41) is 9.04. The van der Waals surface area contributed by atoms with Crippen LogP contribution in [0.3, 0.4) is 0 Å². The second-order valence-electron chi connectivity index (χ2n) is 6.22. The molecule has 136 valence electrons. The first kappa shape index (κ1) is 17.5. The van der Waals surface area contributed by atoms with Gasteiger partial charge in [0.15, 0.2) is 0 Å². The minimum Gasteiger partial charge on any atom is -0.388 e. The van der Waals surface area contributed by atoms with Gasteiger partial charge in [-0.15, -0.1) is 5.10 Å². The molecule has 6 nitrogen and oxygen atoms in total. The quantitative estimate of drug-likeness (QED) is 0.880. The molecule has 1 aromatic carbocycles. The number of aromatic nitrogens is 2. The second-order valence-corrected chi connectivity index (χ2v) is 6.22. The van der Waals surface area contributed by atoms with Crippen molar-refractivity contribution < 1.29 is 17.6 Å². The molecule has 9 heteroatoms. The topological polar surface area (TPSA) is 74.2 Å². The molecule has 1 fully saturated rings. The van der Waals surface area contributed by atoms with E-state index in [0.717, 1.165) is 32.0 Å². The molecule has 0 bridgehead atoms. The first-order valence-corrected chi connectivity index (χ1v) is 8.03. The van der Waals surface area contributed by atoms with Gasteiger partial charge in [0.1, 0.15) is 0 Å². The standard InChI is InChI=1S/C16H19F3N4O2/c1-23(9-10-4-6-20-7-5-10)13-8-11(14-21-22-15(24)25-14)2-3-12(13)16(17,18)19/h2-3,8,10,20H,4-7,9H2,1H3,(H,22,24). The fourth-order valence-corrected chi connectivity index (χ4v) is 3.12. The highest BCUT2D eigenvalue weighted by molar-refractivity contribution is 5.66. The van der Waals surface area contributed by atoms with E-state index in [1.807, 2.05) is 0 Å². The van der Waals surface area contributed by atoms with E-state index in [2.05, 4.69) is 15.5 Å². The van der Waals surface area contributed by atoms with Gasteiger partial charge in [0.2, 0.25) is 5.89 Å². The maximum absolute atomic E-state index is 13.4. The first-order valence-electron chi connectivity index (χ1n) is 8.03. The number of nitrogens with zero attached hydrogens (tertiary/aromatic N) is 2. The summed E-state index contributed by atoms with van der Waals surface area (Å²) in [5.41, 5.74) is -0.349. The summed E-state index contributed by atoms with van der Waals surface area (Å²) in [6.45, 7) is 2.28. The third-order valence-corrected chi connectivity index (χ3v) is 4.39. The fraction of sp³-hybridized carbons (Fsp3) is 0.500. The van der Waals surface area contributed by atoms with E-state index in [1.165, 1.54) is 12.1 Å². The molecular formula is C16H19F3N4O2. The summed E-state index contributed by atoms with van der Waals surface area (Å²) < 4.78 is 45.0. The lowest BCUT2D eigenvalue weighted by atomic mass is 9.97. The maximum atomic E-state index is 13.4. The van der Waals surface area contributed by atoms with Crippen LogP contribution < -0.4 is 16.0 Å². The van der Waals surface area contributed by atoms with Crippen LogP contribution in [-0.2, 0) is 6.18 Å².